The first-order valence-electron chi connectivity index (χ1n) is 4.71. The van der Waals surface area contributed by atoms with Crippen molar-refractivity contribution >= 4 is 13.9 Å². The van der Waals surface area contributed by atoms with Gasteiger partial charge in [0.1, 0.15) is 0 Å². The number of nitrogen functional groups attached to an aromatic ring is 1. The van der Waals surface area contributed by atoms with Gasteiger partial charge in [-0.25, -0.2) is 0 Å². The highest BCUT2D eigenvalue weighted by Crippen LogP contribution is 2.07. The van der Waals surface area contributed by atoms with Gasteiger partial charge in [-0.1, -0.05) is 19.6 Å². The van der Waals surface area contributed by atoms with Gasteiger partial charge in [-0.05, 0) is 6.04 Å². The van der Waals surface area contributed by atoms with E-state index in [1.807, 2.05) is 0 Å². The van der Waals surface area contributed by atoms with Gasteiger partial charge in [-0.15, -0.1) is 5.10 Å². The molecule has 1 aromatic heterocycles. The lowest BCUT2D eigenvalue weighted by Crippen LogP contribution is -2.22. The summed E-state index contributed by atoms with van der Waals surface area (Å²) in [5, 5.41) is 7.83. The molecule has 0 atom stereocenters. The first kappa shape index (κ1) is 11.2. The molecule has 1 rings (SSSR count). The summed E-state index contributed by atoms with van der Waals surface area (Å²) in [6.45, 7) is 8.13. The lowest BCUT2D eigenvalue weighted by molar-refractivity contribution is 0.0687. The Balaban J connectivity index is 2.16. The Hall–Kier alpha value is -0.883. The summed E-state index contributed by atoms with van der Waals surface area (Å²) in [6, 6.07) is 1.16. The number of hydrogen-bond acceptors (Lipinski definition) is 4. The van der Waals surface area contributed by atoms with Crippen molar-refractivity contribution in [3.63, 3.8) is 0 Å². The molecule has 14 heavy (non-hydrogen) atoms. The Labute approximate surface area is 85.3 Å². The monoisotopic (exact) mass is 214 g/mol. The molecule has 1 aromatic rings. The van der Waals surface area contributed by atoms with Crippen LogP contribution < -0.4 is 5.73 Å². The number of aromatic nitrogens is 3. The van der Waals surface area contributed by atoms with E-state index >= 15 is 0 Å². The average molecular weight is 214 g/mol. The molecule has 5 nitrogen and oxygen atoms in total. The van der Waals surface area contributed by atoms with Gasteiger partial charge in [-0.3, -0.25) is 0 Å². The van der Waals surface area contributed by atoms with Gasteiger partial charge in [0.05, 0.1) is 6.20 Å². The number of ether oxygens (including phenoxy) is 1. The third-order valence-corrected chi connectivity index (χ3v) is 3.46. The summed E-state index contributed by atoms with van der Waals surface area (Å²) in [4.78, 5) is 1.46. The maximum Gasteiger partial charge on any atom is 0.166 e. The van der Waals surface area contributed by atoms with E-state index in [0.717, 1.165) is 12.7 Å². The van der Waals surface area contributed by atoms with E-state index in [9.17, 15) is 0 Å². The lowest BCUT2D eigenvalue weighted by Gasteiger charge is -2.14. The second kappa shape index (κ2) is 4.56. The minimum absolute atomic E-state index is 0.391. The van der Waals surface area contributed by atoms with E-state index in [1.54, 1.807) is 0 Å². The van der Waals surface area contributed by atoms with E-state index in [2.05, 4.69) is 29.8 Å². The van der Waals surface area contributed by atoms with Crippen molar-refractivity contribution in [2.45, 2.75) is 32.4 Å². The largest absolute Gasteiger partial charge is 0.381 e. The molecule has 0 amide bonds. The van der Waals surface area contributed by atoms with Gasteiger partial charge >= 0.3 is 0 Å². The van der Waals surface area contributed by atoms with Crippen molar-refractivity contribution in [2.75, 3.05) is 12.3 Å². The van der Waals surface area contributed by atoms with Gasteiger partial charge in [0.15, 0.2) is 12.5 Å². The van der Waals surface area contributed by atoms with Crippen LogP contribution in [0, 0.1) is 0 Å². The van der Waals surface area contributed by atoms with E-state index in [4.69, 9.17) is 10.5 Å². The average Bonchev–Trinajstić information content (AvgIpc) is 2.44. The molecule has 0 radical (unpaired) electrons. The molecule has 6 heteroatoms. The summed E-state index contributed by atoms with van der Waals surface area (Å²) in [5.41, 5.74) is 5.41. The Bertz CT molecular complexity index is 281. The van der Waals surface area contributed by atoms with Crippen molar-refractivity contribution in [3.05, 3.63) is 6.20 Å². The van der Waals surface area contributed by atoms with Gasteiger partial charge in [0.2, 0.25) is 0 Å². The van der Waals surface area contributed by atoms with Crippen LogP contribution in [0.2, 0.25) is 25.7 Å². The molecule has 0 aliphatic rings. The predicted octanol–water partition coefficient (Wildman–Crippen LogP) is 1.17. The first-order chi connectivity index (χ1) is 6.47. The van der Waals surface area contributed by atoms with Crippen LogP contribution in [-0.4, -0.2) is 29.7 Å². The van der Waals surface area contributed by atoms with E-state index in [0.29, 0.717) is 12.5 Å². The topological polar surface area (TPSA) is 66.0 Å². The van der Waals surface area contributed by atoms with E-state index in [-0.39, 0.29) is 0 Å². The molecule has 0 unspecified atom stereocenters. The highest BCUT2D eigenvalue weighted by Gasteiger charge is 2.11. The molecule has 0 fully saturated rings. The molecule has 0 aromatic carbocycles. The van der Waals surface area contributed by atoms with Crippen LogP contribution in [-0.2, 0) is 11.5 Å². The fourth-order valence-corrected chi connectivity index (χ4v) is 1.65. The van der Waals surface area contributed by atoms with Crippen LogP contribution in [0.3, 0.4) is 0 Å². The fourth-order valence-electron chi connectivity index (χ4n) is 0.897. The molecule has 0 saturated heterocycles. The summed E-state index contributed by atoms with van der Waals surface area (Å²) in [7, 11) is -0.990. The Morgan fingerprint density at radius 2 is 2.21 bits per heavy atom. The van der Waals surface area contributed by atoms with Crippen LogP contribution >= 0.6 is 0 Å². The molecule has 0 bridgehead atoms. The van der Waals surface area contributed by atoms with Crippen molar-refractivity contribution in [1.82, 2.24) is 15.0 Å². The zero-order chi connectivity index (χ0) is 10.6. The second-order valence-corrected chi connectivity index (χ2v) is 10.1. The zero-order valence-electron chi connectivity index (χ0n) is 9.03. The standard InChI is InChI=1S/C8H18N4OSi/c1-14(2,3)5-4-13-7-12-10-6-8(9)11-12/h6H,4-5,7H2,1-3H3,(H2,9,11). The van der Waals surface area contributed by atoms with Crippen molar-refractivity contribution < 1.29 is 4.74 Å². The number of hydrogen-bond donors (Lipinski definition) is 1. The molecular weight excluding hydrogens is 196 g/mol. The van der Waals surface area contributed by atoms with Gasteiger partial charge in [0, 0.05) is 14.7 Å². The number of anilines is 1. The second-order valence-electron chi connectivity index (χ2n) is 4.49. The van der Waals surface area contributed by atoms with Crippen molar-refractivity contribution in [2.24, 2.45) is 0 Å². The lowest BCUT2D eigenvalue weighted by atomic mass is 10.8. The number of nitrogens with two attached hydrogens (primary N) is 1. The third kappa shape index (κ3) is 4.38. The highest BCUT2D eigenvalue weighted by atomic mass is 28.3. The quantitative estimate of drug-likeness (QED) is 0.590. The molecule has 2 N–H and O–H groups in total. The minimum Gasteiger partial charge on any atom is -0.381 e. The van der Waals surface area contributed by atoms with Gasteiger partial charge in [0.25, 0.3) is 0 Å². The van der Waals surface area contributed by atoms with Crippen molar-refractivity contribution in [3.8, 4) is 0 Å². The maximum absolute atomic E-state index is 5.43. The summed E-state index contributed by atoms with van der Waals surface area (Å²) < 4.78 is 5.43. The Morgan fingerprint density at radius 1 is 1.50 bits per heavy atom. The van der Waals surface area contributed by atoms with Crippen LogP contribution in [0.4, 0.5) is 5.82 Å². The summed E-state index contributed by atoms with van der Waals surface area (Å²) >= 11 is 0. The van der Waals surface area contributed by atoms with Gasteiger partial charge in [-0.2, -0.15) is 9.90 Å². The number of nitrogens with zero attached hydrogens (tertiary/aromatic N) is 3. The van der Waals surface area contributed by atoms with Crippen LogP contribution in [0.5, 0.6) is 0 Å². The maximum atomic E-state index is 5.43. The van der Waals surface area contributed by atoms with Gasteiger partial charge < -0.3 is 10.5 Å². The molecule has 80 valence electrons. The Morgan fingerprint density at radius 3 is 2.71 bits per heavy atom. The third-order valence-electron chi connectivity index (χ3n) is 1.76. The molecule has 0 spiro atoms. The predicted molar refractivity (Wildman–Crippen MR) is 58.5 cm³/mol. The minimum atomic E-state index is -0.990. The number of rotatable bonds is 5. The Kier molecular flexibility index (Phi) is 3.65. The van der Waals surface area contributed by atoms with E-state index < -0.39 is 8.07 Å². The zero-order valence-corrected chi connectivity index (χ0v) is 10.0. The molecular formula is C8H18N4OSi. The van der Waals surface area contributed by atoms with Crippen LogP contribution in [0.25, 0.3) is 0 Å². The fraction of sp³-hybridized carbons (Fsp3) is 0.750. The summed E-state index contributed by atoms with van der Waals surface area (Å²) in [5.74, 6) is 0.429. The van der Waals surface area contributed by atoms with E-state index in [1.165, 1.54) is 11.0 Å². The molecule has 0 aliphatic heterocycles. The van der Waals surface area contributed by atoms with Crippen LogP contribution in [0.1, 0.15) is 0 Å². The van der Waals surface area contributed by atoms with Crippen LogP contribution in [0.15, 0.2) is 6.20 Å². The smallest absolute Gasteiger partial charge is 0.166 e. The SMILES string of the molecule is C[Si](C)(C)CCOCn1ncc(N)n1. The van der Waals surface area contributed by atoms with Crippen molar-refractivity contribution in [1.29, 1.82) is 0 Å². The normalized spacial score (nSPS) is 11.9. The summed E-state index contributed by atoms with van der Waals surface area (Å²) in [6.07, 6.45) is 1.52. The first-order valence-corrected chi connectivity index (χ1v) is 8.41. The molecule has 0 saturated carbocycles. The molecule has 1 heterocycles. The molecule has 0 aliphatic carbocycles. The highest BCUT2D eigenvalue weighted by molar-refractivity contribution is 6.76.